The van der Waals surface area contributed by atoms with Gasteiger partial charge in [0.1, 0.15) is 5.82 Å². The van der Waals surface area contributed by atoms with Crippen molar-refractivity contribution in [2.24, 2.45) is 4.99 Å². The zero-order chi connectivity index (χ0) is 19.7. The lowest BCUT2D eigenvalue weighted by atomic mass is 10.2. The van der Waals surface area contributed by atoms with Gasteiger partial charge in [-0.05, 0) is 30.3 Å². The van der Waals surface area contributed by atoms with E-state index in [0.29, 0.717) is 34.0 Å². The van der Waals surface area contributed by atoms with Gasteiger partial charge in [0.2, 0.25) is 0 Å². The summed E-state index contributed by atoms with van der Waals surface area (Å²) in [5.74, 6) is -0.197. The highest BCUT2D eigenvalue weighted by atomic mass is 32.1. The second-order valence-corrected chi connectivity index (χ2v) is 7.06. The minimum atomic E-state index is -0.517. The lowest BCUT2D eigenvalue weighted by Crippen LogP contribution is -2.19. The van der Waals surface area contributed by atoms with Crippen LogP contribution in [0.15, 0.2) is 51.9 Å². The number of carbonyl (C=O) groups excluding carboxylic acids is 1. The van der Waals surface area contributed by atoms with Crippen LogP contribution in [0.2, 0.25) is 0 Å². The summed E-state index contributed by atoms with van der Waals surface area (Å²) in [6, 6.07) is 11.5. The molecule has 0 N–H and O–H groups in total. The molecule has 2 heterocycles. The Balaban J connectivity index is 1.81. The third-order valence-electron chi connectivity index (χ3n) is 4.30. The van der Waals surface area contributed by atoms with E-state index < -0.39 is 5.91 Å². The number of ether oxygens (including phenoxy) is 2. The Bertz CT molecular complexity index is 1240. The molecule has 2 aromatic heterocycles. The Labute approximate surface area is 163 Å². The summed E-state index contributed by atoms with van der Waals surface area (Å²) in [5.41, 5.74) is 1.29. The van der Waals surface area contributed by atoms with Crippen molar-refractivity contribution in [3.8, 4) is 5.75 Å². The number of fused-ring (bicyclic) bond motifs is 2. The summed E-state index contributed by atoms with van der Waals surface area (Å²) >= 11 is 1.24. The van der Waals surface area contributed by atoms with Gasteiger partial charge in [-0.15, -0.1) is 0 Å². The highest BCUT2D eigenvalue weighted by molar-refractivity contribution is 7.16. The van der Waals surface area contributed by atoms with Gasteiger partial charge >= 0.3 is 5.91 Å². The molecule has 0 fully saturated rings. The van der Waals surface area contributed by atoms with E-state index in [9.17, 15) is 9.18 Å². The molecule has 0 aliphatic carbocycles. The fraction of sp³-hybridized carbons (Fsp3) is 0.200. The molecule has 0 aliphatic heterocycles. The molecule has 1 amide bonds. The number of para-hydroxylation sites is 1. The van der Waals surface area contributed by atoms with Crippen LogP contribution >= 0.6 is 11.3 Å². The smallest absolute Gasteiger partial charge is 0.315 e. The van der Waals surface area contributed by atoms with E-state index in [2.05, 4.69) is 4.99 Å². The van der Waals surface area contributed by atoms with Crippen molar-refractivity contribution in [2.45, 2.75) is 6.54 Å². The van der Waals surface area contributed by atoms with Crippen molar-refractivity contribution in [1.82, 2.24) is 4.57 Å². The number of amides is 1. The predicted octanol–water partition coefficient (Wildman–Crippen LogP) is 3.98. The molecule has 4 aromatic rings. The fourth-order valence-electron chi connectivity index (χ4n) is 2.98. The Kier molecular flexibility index (Phi) is 4.97. The molecule has 0 saturated heterocycles. The number of aromatic nitrogens is 1. The number of furan rings is 1. The Hall–Kier alpha value is -2.97. The van der Waals surface area contributed by atoms with Gasteiger partial charge in [-0.3, -0.25) is 4.79 Å². The molecule has 0 bridgehead atoms. The van der Waals surface area contributed by atoms with Crippen molar-refractivity contribution >= 4 is 38.4 Å². The summed E-state index contributed by atoms with van der Waals surface area (Å²) in [5, 5.41) is 0.753. The molecule has 4 rings (SSSR count). The number of thiazole rings is 1. The van der Waals surface area contributed by atoms with Crippen LogP contribution in [0.3, 0.4) is 0 Å². The molecule has 0 unspecified atom stereocenters. The van der Waals surface area contributed by atoms with E-state index in [1.807, 2.05) is 16.7 Å². The maximum absolute atomic E-state index is 13.6. The third-order valence-corrected chi connectivity index (χ3v) is 5.34. The van der Waals surface area contributed by atoms with E-state index in [4.69, 9.17) is 13.9 Å². The molecule has 6 nitrogen and oxygen atoms in total. The molecule has 0 spiro atoms. The lowest BCUT2D eigenvalue weighted by molar-refractivity contribution is 0.0973. The van der Waals surface area contributed by atoms with E-state index >= 15 is 0 Å². The number of hydrogen-bond donors (Lipinski definition) is 0. The van der Waals surface area contributed by atoms with Crippen molar-refractivity contribution < 1.29 is 23.1 Å². The van der Waals surface area contributed by atoms with Gasteiger partial charge in [-0.1, -0.05) is 23.5 Å². The highest BCUT2D eigenvalue weighted by Gasteiger charge is 2.15. The molecular weight excluding hydrogens is 383 g/mol. The van der Waals surface area contributed by atoms with Gasteiger partial charge in [0.15, 0.2) is 21.9 Å². The standard InChI is InChI=1S/C20H17FN2O4S/c1-25-9-8-23-14-7-6-13(21)11-17(14)28-20(23)22-19(24)16-10-12-4-3-5-15(26-2)18(12)27-16/h3-7,10-11H,8-9H2,1-2H3. The fourth-order valence-corrected chi connectivity index (χ4v) is 4.05. The van der Waals surface area contributed by atoms with Crippen LogP contribution in [0.4, 0.5) is 4.39 Å². The molecule has 28 heavy (non-hydrogen) atoms. The van der Waals surface area contributed by atoms with Crippen LogP contribution < -0.4 is 9.54 Å². The first kappa shape index (κ1) is 18.4. The van der Waals surface area contributed by atoms with Crippen LogP contribution in [-0.4, -0.2) is 31.3 Å². The number of carbonyl (C=O) groups is 1. The summed E-state index contributed by atoms with van der Waals surface area (Å²) in [4.78, 5) is 17.4. The van der Waals surface area contributed by atoms with Gasteiger partial charge in [0.25, 0.3) is 0 Å². The molecule has 0 aliphatic rings. The second-order valence-electron chi connectivity index (χ2n) is 6.05. The number of benzene rings is 2. The summed E-state index contributed by atoms with van der Waals surface area (Å²) in [6.45, 7) is 0.925. The minimum Gasteiger partial charge on any atom is -0.493 e. The zero-order valence-corrected chi connectivity index (χ0v) is 16.1. The molecule has 0 radical (unpaired) electrons. The zero-order valence-electron chi connectivity index (χ0n) is 15.3. The topological polar surface area (TPSA) is 66.0 Å². The maximum atomic E-state index is 13.6. The summed E-state index contributed by atoms with van der Waals surface area (Å²) < 4.78 is 32.2. The van der Waals surface area contributed by atoms with Crippen molar-refractivity contribution in [3.63, 3.8) is 0 Å². The summed E-state index contributed by atoms with van der Waals surface area (Å²) in [6.07, 6.45) is 0. The van der Waals surface area contributed by atoms with E-state index in [0.717, 1.165) is 10.9 Å². The van der Waals surface area contributed by atoms with Gasteiger partial charge in [0.05, 0.1) is 23.9 Å². The van der Waals surface area contributed by atoms with Crippen molar-refractivity contribution in [3.05, 3.63) is 58.8 Å². The van der Waals surface area contributed by atoms with Crippen LogP contribution in [0.25, 0.3) is 21.2 Å². The average Bonchev–Trinajstić information content (AvgIpc) is 3.27. The van der Waals surface area contributed by atoms with Crippen LogP contribution in [-0.2, 0) is 11.3 Å². The molecule has 2 aromatic carbocycles. The van der Waals surface area contributed by atoms with Crippen LogP contribution in [0, 0.1) is 5.82 Å². The Morgan fingerprint density at radius 2 is 2.11 bits per heavy atom. The van der Waals surface area contributed by atoms with Gasteiger partial charge in [0, 0.05) is 19.0 Å². The average molecular weight is 400 g/mol. The predicted molar refractivity (Wildman–Crippen MR) is 104 cm³/mol. The Morgan fingerprint density at radius 3 is 2.89 bits per heavy atom. The monoisotopic (exact) mass is 400 g/mol. The number of nitrogens with zero attached hydrogens (tertiary/aromatic N) is 2. The first-order chi connectivity index (χ1) is 13.6. The molecule has 0 saturated carbocycles. The van der Waals surface area contributed by atoms with E-state index in [1.165, 1.54) is 30.6 Å². The quantitative estimate of drug-likeness (QED) is 0.508. The van der Waals surface area contributed by atoms with Crippen LogP contribution in [0.1, 0.15) is 10.6 Å². The number of methoxy groups -OCH3 is 2. The van der Waals surface area contributed by atoms with Crippen LogP contribution in [0.5, 0.6) is 5.75 Å². The molecule has 0 atom stereocenters. The van der Waals surface area contributed by atoms with Gasteiger partial charge in [-0.25, -0.2) is 4.39 Å². The third kappa shape index (κ3) is 3.32. The van der Waals surface area contributed by atoms with Crippen molar-refractivity contribution in [2.75, 3.05) is 20.8 Å². The summed E-state index contributed by atoms with van der Waals surface area (Å²) in [7, 11) is 3.14. The molecule has 8 heteroatoms. The number of halogens is 1. The minimum absolute atomic E-state index is 0.112. The number of rotatable bonds is 5. The largest absolute Gasteiger partial charge is 0.493 e. The maximum Gasteiger partial charge on any atom is 0.315 e. The van der Waals surface area contributed by atoms with Crippen molar-refractivity contribution in [1.29, 1.82) is 0 Å². The Morgan fingerprint density at radius 1 is 1.25 bits per heavy atom. The molecule has 144 valence electrons. The number of hydrogen-bond acceptors (Lipinski definition) is 5. The SMILES string of the molecule is COCCn1c(=NC(=O)c2cc3cccc(OC)c3o2)sc2cc(F)ccc21. The van der Waals surface area contributed by atoms with Gasteiger partial charge < -0.3 is 18.5 Å². The first-order valence-corrected chi connectivity index (χ1v) is 9.36. The second kappa shape index (κ2) is 7.57. The van der Waals surface area contributed by atoms with E-state index in [1.54, 1.807) is 25.3 Å². The molecular formula is C20H17FN2O4S. The first-order valence-electron chi connectivity index (χ1n) is 8.54. The highest BCUT2D eigenvalue weighted by Crippen LogP contribution is 2.28. The van der Waals surface area contributed by atoms with E-state index in [-0.39, 0.29) is 11.6 Å². The van der Waals surface area contributed by atoms with Gasteiger partial charge in [-0.2, -0.15) is 4.99 Å². The lowest BCUT2D eigenvalue weighted by Gasteiger charge is -2.03. The normalized spacial score (nSPS) is 12.2.